The van der Waals surface area contributed by atoms with E-state index in [4.69, 9.17) is 10.9 Å². The molecule has 5 rings (SSSR count). The van der Waals surface area contributed by atoms with E-state index in [1.165, 1.54) is 12.1 Å². The fourth-order valence-electron chi connectivity index (χ4n) is 4.26. The Morgan fingerprint density at radius 3 is 2.49 bits per heavy atom. The molecule has 14 nitrogen and oxygen atoms in total. The maximum atomic E-state index is 13.4. The Kier molecular flexibility index (Phi) is 5.76. The minimum absolute atomic E-state index is 0.122. The molecule has 0 unspecified atom stereocenters. The van der Waals surface area contributed by atoms with E-state index in [9.17, 15) is 16.8 Å². The molecule has 0 saturated carbocycles. The summed E-state index contributed by atoms with van der Waals surface area (Å²) >= 11 is 0. The topological polar surface area (TPSA) is 228 Å². The zero-order valence-corrected chi connectivity index (χ0v) is 19.8. The molecule has 1 saturated heterocycles. The van der Waals surface area contributed by atoms with E-state index in [0.717, 1.165) is 0 Å². The van der Waals surface area contributed by atoms with Crippen LogP contribution in [0.3, 0.4) is 0 Å². The number of tetrazole rings is 1. The van der Waals surface area contributed by atoms with Crippen LogP contribution >= 0.6 is 0 Å². The third kappa shape index (κ3) is 4.37. The Labute approximate surface area is 200 Å². The summed E-state index contributed by atoms with van der Waals surface area (Å²) in [5.41, 5.74) is 7.50. The Bertz CT molecular complexity index is 1610. The van der Waals surface area contributed by atoms with Crippen molar-refractivity contribution in [1.29, 1.82) is 0 Å². The van der Waals surface area contributed by atoms with E-state index >= 15 is 0 Å². The predicted molar refractivity (Wildman–Crippen MR) is 127 cm³/mol. The standard InChI is InChI=1S/C19H22N10O4S2/c20-19-23-13-3-1-2-12(16(13)24-19)11-4-5-14(35(32,33)27-10-6-8-22-9-7-10)17(34(21,30)31)15(11)18-25-28-29-26-18/h1-5,10,22,27H,6-9H2,(H3,20,23,24)(H2,21,30,31)(H,25,26,28,29). The van der Waals surface area contributed by atoms with Gasteiger partial charge in [0.2, 0.25) is 25.9 Å². The fraction of sp³-hybridized carbons (Fsp3) is 0.263. The van der Waals surface area contributed by atoms with Crippen LogP contribution < -0.4 is 20.9 Å². The highest BCUT2D eigenvalue weighted by Gasteiger charge is 2.33. The number of aromatic nitrogens is 6. The molecule has 184 valence electrons. The van der Waals surface area contributed by atoms with Crippen LogP contribution in [0.4, 0.5) is 5.95 Å². The van der Waals surface area contributed by atoms with Crippen LogP contribution in [-0.4, -0.2) is 66.6 Å². The molecule has 4 aromatic rings. The number of benzene rings is 2. The molecule has 1 fully saturated rings. The van der Waals surface area contributed by atoms with Gasteiger partial charge in [-0.3, -0.25) is 0 Å². The number of fused-ring (bicyclic) bond motifs is 1. The Morgan fingerprint density at radius 2 is 1.80 bits per heavy atom. The van der Waals surface area contributed by atoms with E-state index < -0.39 is 29.8 Å². The molecule has 16 heteroatoms. The van der Waals surface area contributed by atoms with Crippen molar-refractivity contribution in [2.24, 2.45) is 5.14 Å². The summed E-state index contributed by atoms with van der Waals surface area (Å²) in [4.78, 5) is 6.06. The number of imidazole rings is 1. The van der Waals surface area contributed by atoms with E-state index in [1.807, 2.05) is 0 Å². The molecular formula is C19H22N10O4S2. The molecule has 35 heavy (non-hydrogen) atoms. The van der Waals surface area contributed by atoms with Crippen molar-refractivity contribution >= 4 is 37.0 Å². The maximum absolute atomic E-state index is 13.4. The van der Waals surface area contributed by atoms with Gasteiger partial charge in [-0.15, -0.1) is 10.2 Å². The number of nitrogens with zero attached hydrogens (tertiary/aromatic N) is 4. The molecule has 1 aliphatic rings. The van der Waals surface area contributed by atoms with Gasteiger partial charge in [0.1, 0.15) is 9.79 Å². The first-order valence-electron chi connectivity index (χ1n) is 10.6. The smallest absolute Gasteiger partial charge is 0.242 e. The molecule has 1 aliphatic heterocycles. The van der Waals surface area contributed by atoms with E-state index in [1.54, 1.807) is 18.2 Å². The molecule has 2 aromatic heterocycles. The third-order valence-electron chi connectivity index (χ3n) is 5.75. The van der Waals surface area contributed by atoms with E-state index in [0.29, 0.717) is 42.5 Å². The number of hydrogen-bond acceptors (Lipinski definition) is 10. The van der Waals surface area contributed by atoms with Crippen molar-refractivity contribution in [3.63, 3.8) is 0 Å². The predicted octanol–water partition coefficient (Wildman–Crippen LogP) is -0.330. The quantitative estimate of drug-likeness (QED) is 0.195. The first kappa shape index (κ1) is 23.3. The van der Waals surface area contributed by atoms with Gasteiger partial charge >= 0.3 is 0 Å². The highest BCUT2D eigenvalue weighted by molar-refractivity contribution is 7.92. The zero-order chi connectivity index (χ0) is 24.8. The number of sulfonamides is 2. The molecule has 3 heterocycles. The van der Waals surface area contributed by atoms with Gasteiger partial charge in [0.15, 0.2) is 5.95 Å². The molecule has 8 N–H and O–H groups in total. The number of hydrogen-bond donors (Lipinski definition) is 6. The van der Waals surface area contributed by atoms with Gasteiger partial charge in [-0.05, 0) is 48.8 Å². The van der Waals surface area contributed by atoms with Gasteiger partial charge in [0, 0.05) is 11.6 Å². The minimum Gasteiger partial charge on any atom is -0.369 e. The molecular weight excluding hydrogens is 496 g/mol. The van der Waals surface area contributed by atoms with Gasteiger partial charge in [-0.1, -0.05) is 18.2 Å². The van der Waals surface area contributed by atoms with Crippen LogP contribution in [0.25, 0.3) is 33.5 Å². The number of nitrogens with two attached hydrogens (primary N) is 2. The number of H-pyrrole nitrogens is 2. The number of nitrogens with one attached hydrogen (secondary N) is 4. The maximum Gasteiger partial charge on any atom is 0.242 e. The highest BCUT2D eigenvalue weighted by Crippen LogP contribution is 2.40. The molecule has 2 aromatic carbocycles. The molecule has 0 bridgehead atoms. The highest BCUT2D eigenvalue weighted by atomic mass is 32.2. The fourth-order valence-corrected chi connectivity index (χ4v) is 7.17. The number of primary sulfonamides is 1. The number of para-hydroxylation sites is 1. The number of rotatable bonds is 6. The lowest BCUT2D eigenvalue weighted by Gasteiger charge is -2.24. The van der Waals surface area contributed by atoms with Gasteiger partial charge < -0.3 is 16.0 Å². The number of anilines is 1. The van der Waals surface area contributed by atoms with Crippen LogP contribution in [0.5, 0.6) is 0 Å². The second kappa shape index (κ2) is 8.65. The number of piperidine rings is 1. The summed E-state index contributed by atoms with van der Waals surface area (Å²) in [6.45, 7) is 1.28. The lowest BCUT2D eigenvalue weighted by molar-refractivity contribution is 0.426. The SMILES string of the molecule is Nc1nc2c(-c3ccc(S(=O)(=O)NC4CCNCC4)c(S(N)(=O)=O)c3-c3nn[nH]n3)cccc2[nH]1. The largest absolute Gasteiger partial charge is 0.369 e. The second-order valence-corrected chi connectivity index (χ2v) is 11.2. The lowest BCUT2D eigenvalue weighted by Crippen LogP contribution is -2.43. The van der Waals surface area contributed by atoms with Crippen molar-refractivity contribution in [2.75, 3.05) is 18.8 Å². The average Bonchev–Trinajstić information content (AvgIpc) is 3.46. The first-order valence-corrected chi connectivity index (χ1v) is 13.6. The number of aromatic amines is 2. The summed E-state index contributed by atoms with van der Waals surface area (Å²) in [6, 6.07) is 7.47. The van der Waals surface area contributed by atoms with Gasteiger partial charge in [0.05, 0.1) is 16.6 Å². The Balaban J connectivity index is 1.79. The van der Waals surface area contributed by atoms with Crippen LogP contribution in [0.15, 0.2) is 40.1 Å². The van der Waals surface area contributed by atoms with Crippen molar-refractivity contribution in [2.45, 2.75) is 28.7 Å². The normalized spacial score (nSPS) is 15.6. The minimum atomic E-state index is -4.60. The van der Waals surface area contributed by atoms with Crippen LogP contribution in [0.1, 0.15) is 12.8 Å². The van der Waals surface area contributed by atoms with Crippen molar-refractivity contribution in [3.05, 3.63) is 30.3 Å². The van der Waals surface area contributed by atoms with Gasteiger partial charge in [-0.2, -0.15) is 5.21 Å². The number of nitrogen functional groups attached to an aromatic ring is 1. The summed E-state index contributed by atoms with van der Waals surface area (Å²) in [6.07, 6.45) is 1.12. The first-order chi connectivity index (χ1) is 16.6. The molecule has 0 aliphatic carbocycles. The zero-order valence-electron chi connectivity index (χ0n) is 18.2. The summed E-state index contributed by atoms with van der Waals surface area (Å²) < 4.78 is 55.2. The molecule has 0 amide bonds. The Hall–Kier alpha value is -3.44. The molecule has 0 atom stereocenters. The van der Waals surface area contributed by atoms with Gasteiger partial charge in [-0.25, -0.2) is 31.7 Å². The molecule has 0 radical (unpaired) electrons. The summed E-state index contributed by atoms with van der Waals surface area (Å²) in [5.74, 6) is 0.00838. The second-order valence-electron chi connectivity index (χ2n) is 8.07. The van der Waals surface area contributed by atoms with E-state index in [2.05, 4.69) is 40.6 Å². The summed E-state index contributed by atoms with van der Waals surface area (Å²) in [7, 11) is -8.89. The third-order valence-corrected chi connectivity index (χ3v) is 8.43. The van der Waals surface area contributed by atoms with Crippen molar-refractivity contribution in [3.8, 4) is 22.5 Å². The van der Waals surface area contributed by atoms with Gasteiger partial charge in [0.25, 0.3) is 0 Å². The van der Waals surface area contributed by atoms with Crippen molar-refractivity contribution < 1.29 is 16.8 Å². The van der Waals surface area contributed by atoms with E-state index in [-0.39, 0.29) is 28.9 Å². The van der Waals surface area contributed by atoms with Crippen molar-refractivity contribution in [1.82, 2.24) is 40.6 Å². The molecule has 0 spiro atoms. The monoisotopic (exact) mass is 518 g/mol. The Morgan fingerprint density at radius 1 is 1.03 bits per heavy atom. The van der Waals surface area contributed by atoms with Crippen LogP contribution in [0, 0.1) is 0 Å². The van der Waals surface area contributed by atoms with Crippen LogP contribution in [0.2, 0.25) is 0 Å². The average molecular weight is 519 g/mol. The summed E-state index contributed by atoms with van der Waals surface area (Å²) in [5, 5.41) is 22.4. The lowest BCUT2D eigenvalue weighted by atomic mass is 9.98. The van der Waals surface area contributed by atoms with Crippen LogP contribution in [-0.2, 0) is 20.0 Å².